The van der Waals surface area contributed by atoms with E-state index in [0.29, 0.717) is 0 Å². The first-order valence-electron chi connectivity index (χ1n) is 5.98. The summed E-state index contributed by atoms with van der Waals surface area (Å²) in [6.07, 6.45) is 6.00. The lowest BCUT2D eigenvalue weighted by molar-refractivity contribution is -0.127. The van der Waals surface area contributed by atoms with Gasteiger partial charge in [-0.3, -0.25) is 14.5 Å². The van der Waals surface area contributed by atoms with Crippen LogP contribution in [0, 0.1) is 0 Å². The SMILES string of the molecule is C=CC(=O)NCN(C=C(C)CCCC)C(=O)CCl. The molecule has 0 aliphatic heterocycles. The van der Waals surface area contributed by atoms with Gasteiger partial charge in [0.1, 0.15) is 5.88 Å². The molecule has 0 unspecified atom stereocenters. The number of hydrogen-bond donors (Lipinski definition) is 1. The molecule has 0 saturated heterocycles. The molecule has 18 heavy (non-hydrogen) atoms. The van der Waals surface area contributed by atoms with Gasteiger partial charge in [0.05, 0.1) is 6.67 Å². The first-order valence-corrected chi connectivity index (χ1v) is 6.51. The van der Waals surface area contributed by atoms with E-state index in [9.17, 15) is 9.59 Å². The maximum atomic E-state index is 11.6. The Labute approximate surface area is 114 Å². The van der Waals surface area contributed by atoms with Gasteiger partial charge < -0.3 is 5.32 Å². The van der Waals surface area contributed by atoms with E-state index >= 15 is 0 Å². The Bertz CT molecular complexity index is 327. The highest BCUT2D eigenvalue weighted by Gasteiger charge is 2.10. The van der Waals surface area contributed by atoms with Crippen LogP contribution in [0.5, 0.6) is 0 Å². The third-order valence-electron chi connectivity index (χ3n) is 2.34. The van der Waals surface area contributed by atoms with Gasteiger partial charge in [0.2, 0.25) is 11.8 Å². The molecule has 1 N–H and O–H groups in total. The van der Waals surface area contributed by atoms with E-state index in [2.05, 4.69) is 18.8 Å². The summed E-state index contributed by atoms with van der Waals surface area (Å²) in [7, 11) is 0. The highest BCUT2D eigenvalue weighted by Crippen LogP contribution is 2.08. The Morgan fingerprint density at radius 1 is 1.44 bits per heavy atom. The highest BCUT2D eigenvalue weighted by atomic mass is 35.5. The third-order valence-corrected chi connectivity index (χ3v) is 2.57. The first kappa shape index (κ1) is 16.7. The van der Waals surface area contributed by atoms with Gasteiger partial charge in [-0.2, -0.15) is 0 Å². The molecule has 2 amide bonds. The summed E-state index contributed by atoms with van der Waals surface area (Å²) in [5.41, 5.74) is 1.09. The van der Waals surface area contributed by atoms with E-state index in [0.717, 1.165) is 30.9 Å². The van der Waals surface area contributed by atoms with Crippen molar-refractivity contribution >= 4 is 23.4 Å². The van der Waals surface area contributed by atoms with Crippen molar-refractivity contribution in [2.45, 2.75) is 33.1 Å². The van der Waals surface area contributed by atoms with Gasteiger partial charge in [-0.15, -0.1) is 11.6 Å². The van der Waals surface area contributed by atoms with Crippen molar-refractivity contribution in [3.05, 3.63) is 24.4 Å². The largest absolute Gasteiger partial charge is 0.335 e. The number of carbonyl (C=O) groups excluding carboxylic acids is 2. The number of hydrogen-bond acceptors (Lipinski definition) is 2. The zero-order chi connectivity index (χ0) is 14.0. The fraction of sp³-hybridized carbons (Fsp3) is 0.538. The van der Waals surface area contributed by atoms with Crippen molar-refractivity contribution in [2.75, 3.05) is 12.5 Å². The van der Waals surface area contributed by atoms with Crippen LogP contribution in [-0.2, 0) is 9.59 Å². The Morgan fingerprint density at radius 3 is 2.61 bits per heavy atom. The molecule has 0 bridgehead atoms. The summed E-state index contributed by atoms with van der Waals surface area (Å²) < 4.78 is 0. The van der Waals surface area contributed by atoms with Crippen molar-refractivity contribution in [1.29, 1.82) is 0 Å². The summed E-state index contributed by atoms with van der Waals surface area (Å²) in [6.45, 7) is 7.53. The lowest BCUT2D eigenvalue weighted by atomic mass is 10.1. The van der Waals surface area contributed by atoms with E-state index in [1.54, 1.807) is 6.20 Å². The maximum absolute atomic E-state index is 11.6. The van der Waals surface area contributed by atoms with Crippen molar-refractivity contribution < 1.29 is 9.59 Å². The summed E-state index contributed by atoms with van der Waals surface area (Å²) in [5, 5.41) is 2.55. The molecule has 0 aromatic heterocycles. The highest BCUT2D eigenvalue weighted by molar-refractivity contribution is 6.27. The Morgan fingerprint density at radius 2 is 2.11 bits per heavy atom. The minimum atomic E-state index is -0.318. The number of halogens is 1. The fourth-order valence-electron chi connectivity index (χ4n) is 1.30. The number of nitrogens with one attached hydrogen (secondary N) is 1. The molecule has 0 aromatic carbocycles. The van der Waals surface area contributed by atoms with E-state index < -0.39 is 0 Å². The molecule has 0 radical (unpaired) electrons. The van der Waals surface area contributed by atoms with Crippen LogP contribution >= 0.6 is 11.6 Å². The molecule has 4 nitrogen and oxygen atoms in total. The Balaban J connectivity index is 4.52. The predicted octanol–water partition coefficient (Wildman–Crippen LogP) is 2.41. The molecule has 0 aromatic rings. The molecule has 0 aliphatic carbocycles. The zero-order valence-corrected chi connectivity index (χ0v) is 11.8. The standard InChI is InChI=1S/C13H21ClN2O2/c1-4-6-7-11(3)9-16(13(18)8-14)10-15-12(17)5-2/h5,9H,2,4,6-8,10H2,1,3H3,(H,15,17). The minimum absolute atomic E-state index is 0.110. The van der Waals surface area contributed by atoms with Crippen LogP contribution in [0.2, 0.25) is 0 Å². The van der Waals surface area contributed by atoms with E-state index in [1.165, 1.54) is 4.90 Å². The van der Waals surface area contributed by atoms with E-state index in [4.69, 9.17) is 11.6 Å². The van der Waals surface area contributed by atoms with E-state index in [1.807, 2.05) is 6.92 Å². The molecule has 0 atom stereocenters. The van der Waals surface area contributed by atoms with Crippen molar-refractivity contribution in [3.63, 3.8) is 0 Å². The molecule has 0 aliphatic rings. The van der Waals surface area contributed by atoms with Crippen LogP contribution in [0.3, 0.4) is 0 Å². The maximum Gasteiger partial charge on any atom is 0.244 e. The lowest BCUT2D eigenvalue weighted by Gasteiger charge is -2.18. The fourth-order valence-corrected chi connectivity index (χ4v) is 1.46. The van der Waals surface area contributed by atoms with Gasteiger partial charge in [-0.1, -0.05) is 25.5 Å². The van der Waals surface area contributed by atoms with Gasteiger partial charge in [0.15, 0.2) is 0 Å². The van der Waals surface area contributed by atoms with Crippen LogP contribution in [0.1, 0.15) is 33.1 Å². The number of rotatable bonds is 8. The van der Waals surface area contributed by atoms with Gasteiger partial charge in [0.25, 0.3) is 0 Å². The summed E-state index contributed by atoms with van der Waals surface area (Å²) >= 11 is 5.53. The average Bonchev–Trinajstić information content (AvgIpc) is 2.39. The Hall–Kier alpha value is -1.29. The van der Waals surface area contributed by atoms with Crippen LogP contribution in [-0.4, -0.2) is 29.3 Å². The molecule has 0 saturated carbocycles. The number of unbranched alkanes of at least 4 members (excludes halogenated alkanes) is 1. The zero-order valence-electron chi connectivity index (χ0n) is 11.0. The first-order chi connectivity index (χ1) is 8.54. The molecule has 0 rings (SSSR count). The van der Waals surface area contributed by atoms with E-state index in [-0.39, 0.29) is 24.4 Å². The minimum Gasteiger partial charge on any atom is -0.335 e. The molecular formula is C13H21ClN2O2. The molecule has 102 valence electrons. The van der Waals surface area contributed by atoms with Gasteiger partial charge >= 0.3 is 0 Å². The van der Waals surface area contributed by atoms with Crippen molar-refractivity contribution in [2.24, 2.45) is 0 Å². The topological polar surface area (TPSA) is 49.4 Å². The number of amides is 2. The van der Waals surface area contributed by atoms with Crippen molar-refractivity contribution in [1.82, 2.24) is 10.2 Å². The lowest BCUT2D eigenvalue weighted by Crippen LogP contribution is -2.38. The second-order valence-electron chi connectivity index (χ2n) is 3.98. The number of allylic oxidation sites excluding steroid dienone is 1. The second-order valence-corrected chi connectivity index (χ2v) is 4.25. The molecular weight excluding hydrogens is 252 g/mol. The molecule has 0 heterocycles. The van der Waals surface area contributed by atoms with Crippen LogP contribution in [0.4, 0.5) is 0 Å². The van der Waals surface area contributed by atoms with Crippen LogP contribution in [0.15, 0.2) is 24.4 Å². The monoisotopic (exact) mass is 272 g/mol. The normalized spacial score (nSPS) is 10.9. The molecule has 0 fully saturated rings. The smallest absolute Gasteiger partial charge is 0.244 e. The van der Waals surface area contributed by atoms with Crippen LogP contribution in [0.25, 0.3) is 0 Å². The van der Waals surface area contributed by atoms with Crippen molar-refractivity contribution in [3.8, 4) is 0 Å². The number of carbonyl (C=O) groups is 2. The molecule has 0 spiro atoms. The quantitative estimate of drug-likeness (QED) is 0.419. The predicted molar refractivity (Wildman–Crippen MR) is 74.1 cm³/mol. The summed E-state index contributed by atoms with van der Waals surface area (Å²) in [5.74, 6) is -0.666. The summed E-state index contributed by atoms with van der Waals surface area (Å²) in [6, 6.07) is 0. The second kappa shape index (κ2) is 9.71. The Kier molecular flexibility index (Phi) is 9.01. The van der Waals surface area contributed by atoms with Crippen LogP contribution < -0.4 is 5.32 Å². The molecule has 5 heteroatoms. The summed E-state index contributed by atoms with van der Waals surface area (Å²) in [4.78, 5) is 24.1. The van der Waals surface area contributed by atoms with Gasteiger partial charge in [-0.25, -0.2) is 0 Å². The third kappa shape index (κ3) is 7.12. The number of alkyl halides is 1. The number of nitrogens with zero attached hydrogens (tertiary/aromatic N) is 1. The van der Waals surface area contributed by atoms with Gasteiger partial charge in [0, 0.05) is 6.20 Å². The van der Waals surface area contributed by atoms with Gasteiger partial charge in [-0.05, 0) is 25.8 Å². The average molecular weight is 273 g/mol.